The summed E-state index contributed by atoms with van der Waals surface area (Å²) in [6, 6.07) is 22.1. The second kappa shape index (κ2) is 10.9. The van der Waals surface area contributed by atoms with Gasteiger partial charge in [-0.15, -0.1) is 0 Å². The largest absolute Gasteiger partial charge is 0.465 e. The second-order valence-corrected chi connectivity index (χ2v) is 8.29. The van der Waals surface area contributed by atoms with Crippen LogP contribution in [0.25, 0.3) is 0 Å². The quantitative estimate of drug-likeness (QED) is 0.217. The van der Waals surface area contributed by atoms with Crippen LogP contribution in [0.3, 0.4) is 0 Å². The Kier molecular flexibility index (Phi) is 7.95. The highest BCUT2D eigenvalue weighted by molar-refractivity contribution is 6.46. The molecule has 0 aliphatic carbocycles. The van der Waals surface area contributed by atoms with E-state index in [0.717, 1.165) is 0 Å². The van der Waals surface area contributed by atoms with Crippen LogP contribution in [0.1, 0.15) is 16.7 Å². The van der Waals surface area contributed by atoms with Gasteiger partial charge in [0.15, 0.2) is 0 Å². The molecule has 0 aliphatic rings. The molecule has 0 aromatic heterocycles. The number of hydrogen-bond acceptors (Lipinski definition) is 6. The topological polar surface area (TPSA) is 138 Å². The lowest BCUT2D eigenvalue weighted by Crippen LogP contribution is -2.34. The molecule has 2 amide bonds. The van der Waals surface area contributed by atoms with Crippen molar-refractivity contribution in [2.24, 2.45) is 5.10 Å². The molecule has 0 aliphatic heterocycles. The highest BCUT2D eigenvalue weighted by Crippen LogP contribution is 2.43. The van der Waals surface area contributed by atoms with E-state index in [0.29, 0.717) is 26.7 Å². The normalized spacial score (nSPS) is 11.2. The van der Waals surface area contributed by atoms with Crippen molar-refractivity contribution in [2.45, 2.75) is 5.41 Å². The Morgan fingerprint density at radius 3 is 1.86 bits per heavy atom. The van der Waals surface area contributed by atoms with Gasteiger partial charge in [-0.25, -0.2) is 4.79 Å². The average Bonchev–Trinajstić information content (AvgIpc) is 2.82. The van der Waals surface area contributed by atoms with Crippen LogP contribution < -0.4 is 10.7 Å². The fraction of sp³-hybridized carbons (Fsp3) is 0.0417. The Hall–Kier alpha value is -4.08. The number of amides is 2. The first-order chi connectivity index (χ1) is 16.7. The number of benzene rings is 3. The molecule has 3 N–H and O–H groups in total. The highest BCUT2D eigenvalue weighted by atomic mass is 35.5. The number of anilines is 1. The Labute approximate surface area is 215 Å². The van der Waals surface area contributed by atoms with Crippen molar-refractivity contribution in [3.8, 4) is 12.1 Å². The molecule has 35 heavy (non-hydrogen) atoms. The van der Waals surface area contributed by atoms with E-state index in [1.807, 2.05) is 0 Å². The predicted octanol–water partition coefficient (Wildman–Crippen LogP) is 5.59. The number of carbonyl (C=O) groups excluding carboxylic acids is 1. The third-order valence-corrected chi connectivity index (χ3v) is 5.75. The van der Waals surface area contributed by atoms with Crippen molar-refractivity contribution in [3.05, 3.63) is 98.5 Å². The highest BCUT2D eigenvalue weighted by Gasteiger charge is 2.38. The first kappa shape index (κ1) is 25.5. The average molecular weight is 527 g/mol. The van der Waals surface area contributed by atoms with E-state index in [-0.39, 0.29) is 10.7 Å². The summed E-state index contributed by atoms with van der Waals surface area (Å²) in [5.41, 5.74) is 2.42. The van der Waals surface area contributed by atoms with Crippen molar-refractivity contribution in [1.82, 2.24) is 5.32 Å². The van der Waals surface area contributed by atoms with Crippen molar-refractivity contribution < 1.29 is 14.7 Å². The monoisotopic (exact) mass is 525 g/mol. The standard InChI is InChI=1S/C24H14Cl3N5O3/c25-16-5-1-14(2-6-16)24(13-29,15-3-7-17(26)8-4-15)19-10-9-18(11-20(19)27)31-32-21(12-28)22(33)30-23(34)35/h1-11,31H,(H,30,33)(H,34,35)/b32-21+. The lowest BCUT2D eigenvalue weighted by Gasteiger charge is -2.30. The van der Waals surface area contributed by atoms with Gasteiger partial charge in [-0.05, 0) is 53.1 Å². The number of nitriles is 2. The molecule has 11 heteroatoms. The van der Waals surface area contributed by atoms with Crippen LogP contribution in [0.5, 0.6) is 0 Å². The Morgan fingerprint density at radius 2 is 1.43 bits per heavy atom. The molecule has 0 heterocycles. The molecule has 3 rings (SSSR count). The summed E-state index contributed by atoms with van der Waals surface area (Å²) in [4.78, 5) is 22.3. The number of hydrogen-bond donors (Lipinski definition) is 3. The summed E-state index contributed by atoms with van der Waals surface area (Å²) in [6.45, 7) is 0. The summed E-state index contributed by atoms with van der Waals surface area (Å²) >= 11 is 18.7. The Balaban J connectivity index is 2.08. The third-order valence-electron chi connectivity index (χ3n) is 4.93. The van der Waals surface area contributed by atoms with Crippen molar-refractivity contribution in [3.63, 3.8) is 0 Å². The van der Waals surface area contributed by atoms with Crippen molar-refractivity contribution in [2.75, 3.05) is 5.43 Å². The van der Waals surface area contributed by atoms with E-state index in [2.05, 4.69) is 16.6 Å². The first-order valence-corrected chi connectivity index (χ1v) is 10.9. The van der Waals surface area contributed by atoms with Gasteiger partial charge in [-0.2, -0.15) is 15.6 Å². The molecule has 0 saturated heterocycles. The molecular formula is C24H14Cl3N5O3. The van der Waals surface area contributed by atoms with E-state index >= 15 is 0 Å². The van der Waals surface area contributed by atoms with Gasteiger partial charge in [-0.3, -0.25) is 15.5 Å². The zero-order valence-corrected chi connectivity index (χ0v) is 19.9. The Bertz CT molecular complexity index is 1350. The van der Waals surface area contributed by atoms with Crippen LogP contribution in [-0.2, 0) is 10.2 Å². The van der Waals surface area contributed by atoms with Crippen LogP contribution >= 0.6 is 34.8 Å². The van der Waals surface area contributed by atoms with Crippen LogP contribution in [0.4, 0.5) is 10.5 Å². The molecule has 174 valence electrons. The number of hydrazone groups is 1. The van der Waals surface area contributed by atoms with E-state index in [1.54, 1.807) is 60.7 Å². The van der Waals surface area contributed by atoms with Crippen LogP contribution in [0.15, 0.2) is 71.8 Å². The molecule has 3 aromatic rings. The van der Waals surface area contributed by atoms with Crippen LogP contribution in [0, 0.1) is 22.7 Å². The minimum atomic E-state index is -1.62. The van der Waals surface area contributed by atoms with Crippen LogP contribution in [-0.4, -0.2) is 22.8 Å². The van der Waals surface area contributed by atoms with Gasteiger partial charge in [0.2, 0.25) is 5.71 Å². The second-order valence-electron chi connectivity index (χ2n) is 7.01. The molecule has 8 nitrogen and oxygen atoms in total. The molecule has 0 fully saturated rings. The third kappa shape index (κ3) is 5.53. The lowest BCUT2D eigenvalue weighted by atomic mass is 9.70. The molecule has 0 spiro atoms. The molecule has 3 aromatic carbocycles. The maximum absolute atomic E-state index is 11.7. The number of nitrogens with one attached hydrogen (secondary N) is 2. The molecule has 0 bridgehead atoms. The number of carboxylic acid groups (broad SMARTS) is 1. The van der Waals surface area contributed by atoms with Gasteiger partial charge in [0.25, 0.3) is 5.91 Å². The number of rotatable bonds is 6. The van der Waals surface area contributed by atoms with Gasteiger partial charge in [0.05, 0.1) is 11.8 Å². The zero-order chi connectivity index (χ0) is 25.6. The maximum atomic E-state index is 11.7. The molecular weight excluding hydrogens is 513 g/mol. The molecule has 0 atom stereocenters. The number of imide groups is 1. The predicted molar refractivity (Wildman–Crippen MR) is 133 cm³/mol. The molecule has 0 radical (unpaired) electrons. The van der Waals surface area contributed by atoms with E-state index < -0.39 is 23.1 Å². The number of halogens is 3. The van der Waals surface area contributed by atoms with Gasteiger partial charge >= 0.3 is 6.09 Å². The van der Waals surface area contributed by atoms with Gasteiger partial charge in [0, 0.05) is 15.1 Å². The van der Waals surface area contributed by atoms with Gasteiger partial charge in [-0.1, -0.05) is 65.1 Å². The van der Waals surface area contributed by atoms with E-state index in [1.165, 1.54) is 17.5 Å². The van der Waals surface area contributed by atoms with Crippen LogP contribution in [0.2, 0.25) is 15.1 Å². The maximum Gasteiger partial charge on any atom is 0.411 e. The summed E-state index contributed by atoms with van der Waals surface area (Å²) in [6.07, 6.45) is -1.62. The van der Waals surface area contributed by atoms with E-state index in [4.69, 9.17) is 45.2 Å². The summed E-state index contributed by atoms with van der Waals surface area (Å²) in [5.74, 6) is -1.19. The lowest BCUT2D eigenvalue weighted by molar-refractivity contribution is -0.114. The first-order valence-electron chi connectivity index (χ1n) is 9.72. The Morgan fingerprint density at radius 1 is 0.886 bits per heavy atom. The number of nitrogens with zero attached hydrogens (tertiary/aromatic N) is 3. The SMILES string of the molecule is N#C/C(=N\Nc1ccc(C(C#N)(c2ccc(Cl)cc2)c2ccc(Cl)cc2)c(Cl)c1)C(=O)NC(=O)O. The number of carbonyl (C=O) groups is 2. The summed E-state index contributed by atoms with van der Waals surface area (Å²) < 4.78 is 0. The van der Waals surface area contributed by atoms with Crippen molar-refractivity contribution in [1.29, 1.82) is 10.5 Å². The van der Waals surface area contributed by atoms with Gasteiger partial charge in [0.1, 0.15) is 11.5 Å². The minimum Gasteiger partial charge on any atom is -0.465 e. The molecule has 0 saturated carbocycles. The summed E-state index contributed by atoms with van der Waals surface area (Å²) in [7, 11) is 0. The molecule has 0 unspecified atom stereocenters. The van der Waals surface area contributed by atoms with Gasteiger partial charge < -0.3 is 5.11 Å². The minimum absolute atomic E-state index is 0.185. The fourth-order valence-electron chi connectivity index (χ4n) is 3.36. The van der Waals surface area contributed by atoms with Crippen molar-refractivity contribution >= 4 is 58.2 Å². The zero-order valence-electron chi connectivity index (χ0n) is 17.6. The smallest absolute Gasteiger partial charge is 0.411 e. The fourth-order valence-corrected chi connectivity index (χ4v) is 3.93. The summed E-state index contributed by atoms with van der Waals surface area (Å²) in [5, 5.41) is 34.5. The van der Waals surface area contributed by atoms with E-state index in [9.17, 15) is 14.9 Å².